The number of amides is 1. The number of imidazole rings is 1. The molecular weight excluding hydrogens is 363 g/mol. The molecule has 2 N–H and O–H groups in total. The lowest BCUT2D eigenvalue weighted by atomic mass is 10.2. The van der Waals surface area contributed by atoms with Gasteiger partial charge < -0.3 is 19.9 Å². The van der Waals surface area contributed by atoms with Crippen LogP contribution in [0.2, 0.25) is 0 Å². The highest BCUT2D eigenvalue weighted by Crippen LogP contribution is 2.20. The van der Waals surface area contributed by atoms with Gasteiger partial charge in [-0.15, -0.1) is 24.8 Å². The van der Waals surface area contributed by atoms with Crippen LogP contribution in [0.15, 0.2) is 24.3 Å². The van der Waals surface area contributed by atoms with E-state index < -0.39 is 0 Å². The second-order valence-corrected chi connectivity index (χ2v) is 6.09. The summed E-state index contributed by atoms with van der Waals surface area (Å²) >= 11 is 0. The van der Waals surface area contributed by atoms with Crippen LogP contribution in [0.5, 0.6) is 0 Å². The molecule has 1 amide bonds. The normalized spacial score (nSPS) is 17.0. The predicted octanol–water partition coefficient (Wildman–Crippen LogP) is 2.11. The Hall–Kier alpha value is -1.34. The number of nitrogens with one attached hydrogen (secondary N) is 2. The van der Waals surface area contributed by atoms with Crippen LogP contribution >= 0.6 is 24.8 Å². The van der Waals surface area contributed by atoms with Crippen molar-refractivity contribution < 1.29 is 9.53 Å². The Morgan fingerprint density at radius 1 is 1.40 bits per heavy atom. The van der Waals surface area contributed by atoms with Gasteiger partial charge in [-0.3, -0.25) is 4.79 Å². The average Bonchev–Trinajstić information content (AvgIpc) is 2.94. The molecular formula is C17H26Cl2N4O2. The number of halogens is 2. The lowest BCUT2D eigenvalue weighted by Gasteiger charge is -2.22. The Morgan fingerprint density at radius 2 is 2.16 bits per heavy atom. The minimum atomic E-state index is -0.382. The largest absolute Gasteiger partial charge is 0.366 e. The molecule has 3 rings (SSSR count). The minimum absolute atomic E-state index is 0. The molecule has 140 valence electrons. The number of ether oxygens (including phenoxy) is 1. The van der Waals surface area contributed by atoms with Gasteiger partial charge in [0.25, 0.3) is 0 Å². The Labute approximate surface area is 160 Å². The Kier molecular flexibility index (Phi) is 8.65. The summed E-state index contributed by atoms with van der Waals surface area (Å²) in [5, 5.41) is 6.12. The summed E-state index contributed by atoms with van der Waals surface area (Å²) in [5.41, 5.74) is 2.14. The maximum absolute atomic E-state index is 12.1. The quantitative estimate of drug-likeness (QED) is 0.822. The van der Waals surface area contributed by atoms with Crippen LogP contribution in [0.3, 0.4) is 0 Å². The lowest BCUT2D eigenvalue weighted by molar-refractivity contribution is -0.134. The van der Waals surface area contributed by atoms with Crippen molar-refractivity contribution >= 4 is 41.8 Å². The first-order valence-corrected chi connectivity index (χ1v) is 8.22. The monoisotopic (exact) mass is 388 g/mol. The van der Waals surface area contributed by atoms with Crippen molar-refractivity contribution in [1.29, 1.82) is 0 Å². The first-order valence-electron chi connectivity index (χ1n) is 8.22. The number of hydrogen-bond acceptors (Lipinski definition) is 4. The summed E-state index contributed by atoms with van der Waals surface area (Å²) in [6, 6.07) is 8.48. The smallest absolute Gasteiger partial charge is 0.250 e. The van der Waals surface area contributed by atoms with Crippen LogP contribution in [0.1, 0.15) is 25.7 Å². The number of aromatic nitrogens is 2. The van der Waals surface area contributed by atoms with Gasteiger partial charge in [0, 0.05) is 32.1 Å². The highest BCUT2D eigenvalue weighted by atomic mass is 35.5. The van der Waals surface area contributed by atoms with E-state index in [-0.39, 0.29) is 36.8 Å². The first-order chi connectivity index (χ1) is 11.2. The molecule has 0 bridgehead atoms. The number of hydrogen-bond donors (Lipinski definition) is 2. The number of para-hydroxylation sites is 2. The second kappa shape index (κ2) is 9.97. The van der Waals surface area contributed by atoms with Gasteiger partial charge in [0.2, 0.25) is 5.91 Å². The van der Waals surface area contributed by atoms with Crippen LogP contribution < -0.4 is 10.6 Å². The molecule has 1 saturated heterocycles. The molecule has 8 heteroatoms. The van der Waals surface area contributed by atoms with Crippen LogP contribution in [-0.2, 0) is 16.0 Å². The van der Waals surface area contributed by atoms with Gasteiger partial charge in [-0.25, -0.2) is 4.98 Å². The zero-order chi connectivity index (χ0) is 16.2. The zero-order valence-corrected chi connectivity index (χ0v) is 16.2. The van der Waals surface area contributed by atoms with E-state index in [1.165, 1.54) is 0 Å². The first kappa shape index (κ1) is 21.7. The number of carbonyl (C=O) groups is 1. The molecule has 2 heterocycles. The molecule has 1 aliphatic heterocycles. The van der Waals surface area contributed by atoms with E-state index in [2.05, 4.69) is 35.1 Å². The van der Waals surface area contributed by atoms with Gasteiger partial charge in [-0.1, -0.05) is 12.1 Å². The Balaban J connectivity index is 0.00000156. The van der Waals surface area contributed by atoms with Crippen molar-refractivity contribution in [1.82, 2.24) is 20.2 Å². The van der Waals surface area contributed by atoms with Crippen molar-refractivity contribution in [3.8, 4) is 0 Å². The second-order valence-electron chi connectivity index (χ2n) is 6.09. The van der Waals surface area contributed by atoms with Gasteiger partial charge in [0.05, 0.1) is 17.6 Å². The van der Waals surface area contributed by atoms with E-state index in [1.807, 2.05) is 18.2 Å². The molecule has 1 aromatic carbocycles. The van der Waals surface area contributed by atoms with Gasteiger partial charge in [0.1, 0.15) is 11.9 Å². The molecule has 1 unspecified atom stereocenters. The number of carbonyl (C=O) groups excluding carboxylic acids is 1. The summed E-state index contributed by atoms with van der Waals surface area (Å²) in [6.07, 6.45) is 0.325. The fraction of sp³-hybridized carbons (Fsp3) is 0.529. The molecule has 0 radical (unpaired) electrons. The van der Waals surface area contributed by atoms with Crippen LogP contribution in [0.25, 0.3) is 11.0 Å². The minimum Gasteiger partial charge on any atom is -0.366 e. The number of morpholine rings is 1. The molecule has 0 spiro atoms. The lowest BCUT2D eigenvalue weighted by Crippen LogP contribution is -2.48. The highest BCUT2D eigenvalue weighted by molar-refractivity contribution is 5.85. The third-order valence-corrected chi connectivity index (χ3v) is 4.05. The van der Waals surface area contributed by atoms with Crippen molar-refractivity contribution in [2.24, 2.45) is 0 Å². The standard InChI is InChI=1S/C17H24N4O2.2ClH/c1-12(2)21-14-6-4-3-5-13(14)20-16(21)7-8-19-17(22)15-11-18-9-10-23-15;;/h3-6,12,15,18H,7-11H2,1-2H3,(H,19,22);2*1H. The van der Waals surface area contributed by atoms with Crippen molar-refractivity contribution in [3.63, 3.8) is 0 Å². The molecule has 1 aromatic heterocycles. The Bertz CT molecular complexity index is 684. The molecule has 6 nitrogen and oxygen atoms in total. The van der Waals surface area contributed by atoms with E-state index >= 15 is 0 Å². The zero-order valence-electron chi connectivity index (χ0n) is 14.5. The van der Waals surface area contributed by atoms with E-state index in [1.54, 1.807) is 0 Å². The third kappa shape index (κ3) is 5.07. The van der Waals surface area contributed by atoms with Crippen LogP contribution in [0, 0.1) is 0 Å². The highest BCUT2D eigenvalue weighted by Gasteiger charge is 2.21. The van der Waals surface area contributed by atoms with E-state index in [0.717, 1.165) is 23.4 Å². The molecule has 0 saturated carbocycles. The molecule has 2 aromatic rings. The van der Waals surface area contributed by atoms with Crippen molar-refractivity contribution in [2.75, 3.05) is 26.2 Å². The maximum atomic E-state index is 12.1. The molecule has 1 atom stereocenters. The fourth-order valence-corrected chi connectivity index (χ4v) is 2.99. The van der Waals surface area contributed by atoms with E-state index in [9.17, 15) is 4.79 Å². The topological polar surface area (TPSA) is 68.2 Å². The van der Waals surface area contributed by atoms with Gasteiger partial charge in [-0.2, -0.15) is 0 Å². The number of nitrogens with zero attached hydrogens (tertiary/aromatic N) is 2. The molecule has 0 aliphatic carbocycles. The predicted molar refractivity (Wildman–Crippen MR) is 104 cm³/mol. The van der Waals surface area contributed by atoms with Gasteiger partial charge in [-0.05, 0) is 26.0 Å². The number of rotatable bonds is 5. The third-order valence-electron chi connectivity index (χ3n) is 4.05. The molecule has 1 aliphatic rings. The van der Waals surface area contributed by atoms with Gasteiger partial charge in [0.15, 0.2) is 0 Å². The fourth-order valence-electron chi connectivity index (χ4n) is 2.99. The number of fused-ring (bicyclic) bond motifs is 1. The molecule has 1 fully saturated rings. The summed E-state index contributed by atoms with van der Waals surface area (Å²) in [6.45, 7) is 6.84. The van der Waals surface area contributed by atoms with Crippen molar-refractivity contribution in [3.05, 3.63) is 30.1 Å². The van der Waals surface area contributed by atoms with Crippen LogP contribution in [-0.4, -0.2) is 47.8 Å². The van der Waals surface area contributed by atoms with Gasteiger partial charge >= 0.3 is 0 Å². The summed E-state index contributed by atoms with van der Waals surface area (Å²) < 4.78 is 7.69. The molecule has 25 heavy (non-hydrogen) atoms. The van der Waals surface area contributed by atoms with Crippen molar-refractivity contribution in [2.45, 2.75) is 32.4 Å². The van der Waals surface area contributed by atoms with E-state index in [4.69, 9.17) is 9.72 Å². The average molecular weight is 389 g/mol. The van der Waals surface area contributed by atoms with Crippen LogP contribution in [0.4, 0.5) is 0 Å². The Morgan fingerprint density at radius 3 is 2.84 bits per heavy atom. The van der Waals surface area contributed by atoms with E-state index in [0.29, 0.717) is 32.2 Å². The maximum Gasteiger partial charge on any atom is 0.250 e. The summed E-state index contributed by atoms with van der Waals surface area (Å²) in [4.78, 5) is 16.8. The summed E-state index contributed by atoms with van der Waals surface area (Å²) in [5.74, 6) is 0.952. The summed E-state index contributed by atoms with van der Waals surface area (Å²) in [7, 11) is 0. The number of benzene rings is 1. The SMILES string of the molecule is CC(C)n1c(CCNC(=O)C2CNCCO2)nc2ccccc21.Cl.Cl.